The number of rotatable bonds is 3. The average Bonchev–Trinajstić information content (AvgIpc) is 2.86. The maximum absolute atomic E-state index is 12.7. The molecule has 1 N–H and O–H groups in total. The van der Waals surface area contributed by atoms with Crippen molar-refractivity contribution in [3.63, 3.8) is 0 Å². The van der Waals surface area contributed by atoms with Gasteiger partial charge in [-0.1, -0.05) is 0 Å². The van der Waals surface area contributed by atoms with E-state index < -0.39 is 5.60 Å². The second-order valence-corrected chi connectivity index (χ2v) is 9.04. The molecule has 3 atom stereocenters. The minimum atomic E-state index is -0.517. The van der Waals surface area contributed by atoms with Crippen molar-refractivity contribution in [1.29, 1.82) is 0 Å². The lowest BCUT2D eigenvalue weighted by atomic mass is 10.2. The van der Waals surface area contributed by atoms with E-state index in [1.807, 2.05) is 43.7 Å². The van der Waals surface area contributed by atoms with Crippen molar-refractivity contribution >= 4 is 28.3 Å². The van der Waals surface area contributed by atoms with E-state index in [1.165, 1.54) is 11.3 Å². The summed E-state index contributed by atoms with van der Waals surface area (Å²) in [5.41, 5.74) is 0.765. The fraction of sp³-hybridized carbons (Fsp3) is 0.611. The summed E-state index contributed by atoms with van der Waals surface area (Å²) >= 11 is 1.50. The zero-order valence-corrected chi connectivity index (χ0v) is 16.3. The Morgan fingerprint density at radius 2 is 2.19 bits per heavy atom. The van der Waals surface area contributed by atoms with Crippen molar-refractivity contribution in [2.24, 2.45) is 11.8 Å². The standard InChI is InChI=1S/C18H24N4O3S/c1-10-14(21-5-6-26-16(21)20-10)15(23)19-8-13-12-7-11(12)9-22(13)17(24)25-18(2,3)4/h5-6,11-13H,7-9H2,1-4H3,(H,19,23)/t11?,12-,13?/m0/s1. The Hall–Kier alpha value is -2.09. The van der Waals surface area contributed by atoms with Crippen molar-refractivity contribution < 1.29 is 14.3 Å². The van der Waals surface area contributed by atoms with Gasteiger partial charge in [0.05, 0.1) is 11.7 Å². The molecule has 4 rings (SSSR count). The van der Waals surface area contributed by atoms with E-state index in [0.717, 1.165) is 17.9 Å². The van der Waals surface area contributed by atoms with Crippen LogP contribution in [0, 0.1) is 18.8 Å². The van der Waals surface area contributed by atoms with Gasteiger partial charge < -0.3 is 15.0 Å². The van der Waals surface area contributed by atoms with Gasteiger partial charge in [-0.25, -0.2) is 9.78 Å². The van der Waals surface area contributed by atoms with Crippen LogP contribution in [0.25, 0.3) is 4.96 Å². The van der Waals surface area contributed by atoms with Gasteiger partial charge in [0.15, 0.2) is 4.96 Å². The molecule has 0 spiro atoms. The number of hydrogen-bond donors (Lipinski definition) is 1. The third-order valence-corrected chi connectivity index (χ3v) is 5.81. The largest absolute Gasteiger partial charge is 0.444 e. The third-order valence-electron chi connectivity index (χ3n) is 5.05. The highest BCUT2D eigenvalue weighted by Gasteiger charge is 2.54. The second kappa shape index (κ2) is 5.97. The SMILES string of the molecule is Cc1nc2sccn2c1C(=O)NCC1[C@H]2CC2CN1C(=O)OC(C)(C)C. The van der Waals surface area contributed by atoms with Gasteiger partial charge in [-0.3, -0.25) is 9.20 Å². The number of aryl methyl sites for hydroxylation is 1. The molecule has 1 saturated heterocycles. The highest BCUT2D eigenvalue weighted by Crippen LogP contribution is 2.49. The van der Waals surface area contributed by atoms with Crippen LogP contribution in [0.5, 0.6) is 0 Å². The van der Waals surface area contributed by atoms with Crippen LogP contribution in [0.3, 0.4) is 0 Å². The molecule has 2 fully saturated rings. The number of nitrogens with one attached hydrogen (secondary N) is 1. The summed E-state index contributed by atoms with van der Waals surface area (Å²) in [5, 5.41) is 4.92. The van der Waals surface area contributed by atoms with Crippen LogP contribution in [0.15, 0.2) is 11.6 Å². The number of carbonyl (C=O) groups excluding carboxylic acids is 2. The molecule has 3 heterocycles. The Bertz CT molecular complexity index is 866. The van der Waals surface area contributed by atoms with Crippen molar-refractivity contribution in [2.45, 2.75) is 45.8 Å². The van der Waals surface area contributed by atoms with Crippen LogP contribution in [-0.4, -0.2) is 51.0 Å². The van der Waals surface area contributed by atoms with E-state index in [1.54, 1.807) is 4.90 Å². The van der Waals surface area contributed by atoms with Crippen molar-refractivity contribution in [3.05, 3.63) is 23.0 Å². The van der Waals surface area contributed by atoms with Gasteiger partial charge >= 0.3 is 6.09 Å². The number of thiazole rings is 1. The number of aromatic nitrogens is 2. The maximum atomic E-state index is 12.7. The van der Waals surface area contributed by atoms with Gasteiger partial charge in [-0.2, -0.15) is 0 Å². The summed E-state index contributed by atoms with van der Waals surface area (Å²) in [6.07, 6.45) is 2.69. The Kier molecular flexibility index (Phi) is 3.98. The molecule has 1 aliphatic carbocycles. The lowest BCUT2D eigenvalue weighted by molar-refractivity contribution is 0.0192. The van der Waals surface area contributed by atoms with Crippen molar-refractivity contribution in [3.8, 4) is 0 Å². The molecular weight excluding hydrogens is 352 g/mol. The molecule has 7 nitrogen and oxygen atoms in total. The lowest BCUT2D eigenvalue weighted by Crippen LogP contribution is -2.47. The van der Waals surface area contributed by atoms with Crippen LogP contribution in [0.2, 0.25) is 0 Å². The number of likely N-dealkylation sites (tertiary alicyclic amines) is 1. The smallest absolute Gasteiger partial charge is 0.410 e. The number of carbonyl (C=O) groups is 2. The van der Waals surface area contributed by atoms with E-state index in [0.29, 0.717) is 29.8 Å². The Balaban J connectivity index is 1.44. The molecule has 2 aliphatic rings. The zero-order valence-electron chi connectivity index (χ0n) is 15.5. The second-order valence-electron chi connectivity index (χ2n) is 8.17. The first-order chi connectivity index (χ1) is 12.2. The van der Waals surface area contributed by atoms with Crippen LogP contribution >= 0.6 is 11.3 Å². The van der Waals surface area contributed by atoms with Crippen molar-refractivity contribution in [2.75, 3.05) is 13.1 Å². The summed E-state index contributed by atoms with van der Waals surface area (Å²) in [6.45, 7) is 8.61. The van der Waals surface area contributed by atoms with Gasteiger partial charge in [0.2, 0.25) is 0 Å². The summed E-state index contributed by atoms with van der Waals surface area (Å²) in [7, 11) is 0. The van der Waals surface area contributed by atoms with Gasteiger partial charge in [-0.15, -0.1) is 11.3 Å². The summed E-state index contributed by atoms with van der Waals surface area (Å²) in [6, 6.07) is 0.00462. The first kappa shape index (κ1) is 17.3. The molecule has 2 aromatic rings. The third kappa shape index (κ3) is 3.06. The predicted molar refractivity (Wildman–Crippen MR) is 98.5 cm³/mol. The number of fused-ring (bicyclic) bond motifs is 2. The van der Waals surface area contributed by atoms with Gasteiger partial charge in [0.25, 0.3) is 5.91 Å². The predicted octanol–water partition coefficient (Wildman–Crippen LogP) is 2.69. The molecular formula is C18H24N4O3S. The van der Waals surface area contributed by atoms with Crippen LogP contribution in [0.1, 0.15) is 43.4 Å². The maximum Gasteiger partial charge on any atom is 0.410 e. The molecule has 2 unspecified atom stereocenters. The Labute approximate surface area is 156 Å². The number of nitrogens with zero attached hydrogens (tertiary/aromatic N) is 3. The van der Waals surface area contributed by atoms with Crippen LogP contribution in [0.4, 0.5) is 4.79 Å². The van der Waals surface area contributed by atoms with E-state index in [2.05, 4.69) is 10.3 Å². The molecule has 26 heavy (non-hydrogen) atoms. The van der Waals surface area contributed by atoms with E-state index in [9.17, 15) is 9.59 Å². The van der Waals surface area contributed by atoms with Gasteiger partial charge in [-0.05, 0) is 46.0 Å². The van der Waals surface area contributed by atoms with Crippen LogP contribution in [-0.2, 0) is 4.74 Å². The summed E-state index contributed by atoms with van der Waals surface area (Å²) in [5.74, 6) is 0.863. The molecule has 1 saturated carbocycles. The minimum Gasteiger partial charge on any atom is -0.444 e. The molecule has 0 bridgehead atoms. The Morgan fingerprint density at radius 1 is 1.42 bits per heavy atom. The monoisotopic (exact) mass is 376 g/mol. The highest BCUT2D eigenvalue weighted by atomic mass is 32.1. The molecule has 1 aliphatic heterocycles. The van der Waals surface area contributed by atoms with Gasteiger partial charge in [0.1, 0.15) is 11.3 Å². The Morgan fingerprint density at radius 3 is 2.92 bits per heavy atom. The molecule has 8 heteroatoms. The molecule has 0 aromatic carbocycles. The average molecular weight is 376 g/mol. The number of imidazole rings is 1. The summed E-state index contributed by atoms with van der Waals surface area (Å²) < 4.78 is 7.34. The quantitative estimate of drug-likeness (QED) is 0.894. The highest BCUT2D eigenvalue weighted by molar-refractivity contribution is 7.15. The van der Waals surface area contributed by atoms with Crippen molar-refractivity contribution in [1.82, 2.24) is 19.6 Å². The number of ether oxygens (including phenoxy) is 1. The number of hydrogen-bond acceptors (Lipinski definition) is 5. The summed E-state index contributed by atoms with van der Waals surface area (Å²) in [4.78, 5) is 32.2. The molecule has 0 radical (unpaired) electrons. The first-order valence-corrected chi connectivity index (χ1v) is 9.82. The molecule has 2 aromatic heterocycles. The zero-order chi connectivity index (χ0) is 18.6. The van der Waals surface area contributed by atoms with E-state index >= 15 is 0 Å². The minimum absolute atomic E-state index is 0.00462. The molecule has 140 valence electrons. The van der Waals surface area contributed by atoms with Crippen LogP contribution < -0.4 is 5.32 Å². The van der Waals surface area contributed by atoms with E-state index in [4.69, 9.17) is 4.74 Å². The normalized spacial score (nSPS) is 24.6. The first-order valence-electron chi connectivity index (χ1n) is 8.94. The molecule has 2 amide bonds. The topological polar surface area (TPSA) is 75.9 Å². The number of piperidine rings is 1. The fourth-order valence-electron chi connectivity index (χ4n) is 3.81. The fourth-order valence-corrected chi connectivity index (χ4v) is 4.57. The lowest BCUT2D eigenvalue weighted by Gasteiger charge is -2.30. The number of amides is 2. The van der Waals surface area contributed by atoms with Gasteiger partial charge in [0, 0.05) is 24.7 Å². The van der Waals surface area contributed by atoms with E-state index in [-0.39, 0.29) is 18.0 Å².